The van der Waals surface area contributed by atoms with E-state index < -0.39 is 6.04 Å². The molecule has 0 aromatic heterocycles. The summed E-state index contributed by atoms with van der Waals surface area (Å²) in [5.41, 5.74) is 4.43. The van der Waals surface area contributed by atoms with E-state index in [0.717, 1.165) is 33.9 Å². The highest BCUT2D eigenvalue weighted by Gasteiger charge is 2.34. The maximum atomic E-state index is 13.4. The van der Waals surface area contributed by atoms with Crippen molar-refractivity contribution >= 4 is 22.7 Å². The molecule has 0 bridgehead atoms. The van der Waals surface area contributed by atoms with E-state index in [9.17, 15) is 9.59 Å². The van der Waals surface area contributed by atoms with Gasteiger partial charge in [0.1, 0.15) is 6.04 Å². The third-order valence-electron chi connectivity index (χ3n) is 6.68. The molecule has 35 heavy (non-hydrogen) atoms. The van der Waals surface area contributed by atoms with Crippen LogP contribution in [-0.4, -0.2) is 29.4 Å². The molecular weight excluding hydrogens is 434 g/mol. The van der Waals surface area contributed by atoms with Crippen molar-refractivity contribution in [1.82, 2.24) is 15.5 Å². The fourth-order valence-corrected chi connectivity index (χ4v) is 4.78. The van der Waals surface area contributed by atoms with Gasteiger partial charge in [-0.2, -0.15) is 0 Å². The summed E-state index contributed by atoms with van der Waals surface area (Å²) in [6, 6.07) is 31.6. The summed E-state index contributed by atoms with van der Waals surface area (Å²) in [6.07, 6.45) is 1.26. The van der Waals surface area contributed by atoms with Gasteiger partial charge < -0.3 is 15.5 Å². The Kier molecular flexibility index (Phi) is 6.75. The first kappa shape index (κ1) is 22.7. The van der Waals surface area contributed by atoms with Crippen molar-refractivity contribution in [2.24, 2.45) is 0 Å². The molecule has 5 nitrogen and oxygen atoms in total. The smallest absolute Gasteiger partial charge is 0.318 e. The minimum absolute atomic E-state index is 0.115. The molecule has 0 fully saturated rings. The molecule has 1 heterocycles. The Morgan fingerprint density at radius 3 is 2.34 bits per heavy atom. The summed E-state index contributed by atoms with van der Waals surface area (Å²) in [4.78, 5) is 28.3. The van der Waals surface area contributed by atoms with Gasteiger partial charge in [-0.15, -0.1) is 0 Å². The lowest BCUT2D eigenvalue weighted by Gasteiger charge is -2.36. The number of carbonyl (C=O) groups excluding carboxylic acids is 2. The van der Waals surface area contributed by atoms with Crippen molar-refractivity contribution in [2.75, 3.05) is 6.54 Å². The Bertz CT molecular complexity index is 1330. The van der Waals surface area contributed by atoms with E-state index in [1.165, 1.54) is 5.56 Å². The number of urea groups is 1. The van der Waals surface area contributed by atoms with E-state index in [4.69, 9.17) is 0 Å². The zero-order valence-electron chi connectivity index (χ0n) is 19.6. The van der Waals surface area contributed by atoms with Crippen LogP contribution in [0.5, 0.6) is 0 Å². The largest absolute Gasteiger partial charge is 0.354 e. The van der Waals surface area contributed by atoms with Crippen LogP contribution in [0.15, 0.2) is 97.1 Å². The van der Waals surface area contributed by atoms with Crippen LogP contribution in [0, 0.1) is 0 Å². The van der Waals surface area contributed by atoms with Crippen LogP contribution in [-0.2, 0) is 30.7 Å². The van der Waals surface area contributed by atoms with Crippen LogP contribution >= 0.6 is 0 Å². The fourth-order valence-electron chi connectivity index (χ4n) is 4.78. The number of hydrogen-bond acceptors (Lipinski definition) is 2. The number of carbonyl (C=O) groups is 2. The van der Waals surface area contributed by atoms with Crippen LogP contribution < -0.4 is 10.6 Å². The van der Waals surface area contributed by atoms with Gasteiger partial charge in [0.25, 0.3) is 0 Å². The predicted octanol–water partition coefficient (Wildman–Crippen LogP) is 4.84. The zero-order valence-corrected chi connectivity index (χ0v) is 19.6. The van der Waals surface area contributed by atoms with Crippen LogP contribution in [0.1, 0.15) is 22.3 Å². The number of benzene rings is 4. The van der Waals surface area contributed by atoms with Gasteiger partial charge in [0, 0.05) is 26.1 Å². The van der Waals surface area contributed by atoms with E-state index in [1.54, 1.807) is 4.90 Å². The first-order valence-electron chi connectivity index (χ1n) is 12.1. The molecule has 3 amide bonds. The van der Waals surface area contributed by atoms with Gasteiger partial charge in [0.15, 0.2) is 0 Å². The Morgan fingerprint density at radius 2 is 1.49 bits per heavy atom. The molecule has 0 unspecified atom stereocenters. The zero-order chi connectivity index (χ0) is 24.0. The fraction of sp³-hybridized carbons (Fsp3) is 0.200. The predicted molar refractivity (Wildman–Crippen MR) is 139 cm³/mol. The topological polar surface area (TPSA) is 61.4 Å². The van der Waals surface area contributed by atoms with Crippen LogP contribution in [0.3, 0.4) is 0 Å². The highest BCUT2D eigenvalue weighted by Crippen LogP contribution is 2.24. The highest BCUT2D eigenvalue weighted by molar-refractivity contribution is 5.89. The molecule has 1 aliphatic heterocycles. The van der Waals surface area contributed by atoms with Gasteiger partial charge in [-0.1, -0.05) is 97.1 Å². The van der Waals surface area contributed by atoms with E-state index in [-0.39, 0.29) is 11.9 Å². The van der Waals surface area contributed by atoms with Crippen LogP contribution in [0.4, 0.5) is 4.79 Å². The van der Waals surface area contributed by atoms with E-state index >= 15 is 0 Å². The highest BCUT2D eigenvalue weighted by atomic mass is 16.2. The summed E-state index contributed by atoms with van der Waals surface area (Å²) in [5, 5.41) is 8.38. The van der Waals surface area contributed by atoms with Gasteiger partial charge in [-0.05, 0) is 39.4 Å². The molecule has 0 saturated heterocycles. The lowest BCUT2D eigenvalue weighted by molar-refractivity contribution is -0.125. The first-order valence-corrected chi connectivity index (χ1v) is 12.1. The second kappa shape index (κ2) is 10.4. The number of amides is 3. The number of hydrogen-bond donors (Lipinski definition) is 2. The molecule has 0 saturated carbocycles. The third-order valence-corrected chi connectivity index (χ3v) is 6.68. The van der Waals surface area contributed by atoms with E-state index in [1.807, 2.05) is 66.7 Å². The summed E-state index contributed by atoms with van der Waals surface area (Å²) < 4.78 is 0. The normalized spacial score (nSPS) is 14.9. The molecule has 4 aromatic rings. The first-order chi connectivity index (χ1) is 17.2. The van der Waals surface area contributed by atoms with Crippen molar-refractivity contribution in [3.63, 3.8) is 0 Å². The minimum Gasteiger partial charge on any atom is -0.354 e. The van der Waals surface area contributed by atoms with Crippen molar-refractivity contribution in [3.05, 3.63) is 119 Å². The number of fused-ring (bicyclic) bond motifs is 2. The van der Waals surface area contributed by atoms with Crippen molar-refractivity contribution in [2.45, 2.75) is 32.0 Å². The molecule has 1 aliphatic rings. The van der Waals surface area contributed by atoms with E-state index in [0.29, 0.717) is 26.1 Å². The lowest BCUT2D eigenvalue weighted by atomic mass is 9.93. The molecule has 0 aliphatic carbocycles. The number of rotatable bonds is 6. The maximum Gasteiger partial charge on any atom is 0.318 e. The molecule has 2 N–H and O–H groups in total. The Hall–Kier alpha value is -4.12. The number of nitrogens with one attached hydrogen (secondary N) is 2. The molecule has 5 rings (SSSR count). The van der Waals surface area contributed by atoms with Gasteiger partial charge in [0.05, 0.1) is 0 Å². The third kappa shape index (κ3) is 5.19. The minimum atomic E-state index is -0.548. The summed E-state index contributed by atoms with van der Waals surface area (Å²) in [6.45, 7) is 1.35. The molecular formula is C30H29N3O2. The van der Waals surface area contributed by atoms with Gasteiger partial charge >= 0.3 is 6.03 Å². The van der Waals surface area contributed by atoms with Crippen LogP contribution in [0.25, 0.3) is 10.8 Å². The SMILES string of the molecule is O=C(NCCc1ccccc1)[C@@H]1Cc2ccccc2CN1C(=O)NCc1cccc2ccccc12. The second-order valence-electron chi connectivity index (χ2n) is 8.94. The quantitative estimate of drug-likeness (QED) is 0.430. The van der Waals surface area contributed by atoms with Crippen molar-refractivity contribution in [3.8, 4) is 0 Å². The van der Waals surface area contributed by atoms with Gasteiger partial charge in [-0.25, -0.2) is 4.79 Å². The Morgan fingerprint density at radius 1 is 0.771 bits per heavy atom. The number of nitrogens with zero attached hydrogens (tertiary/aromatic N) is 1. The molecule has 4 aromatic carbocycles. The second-order valence-corrected chi connectivity index (χ2v) is 8.94. The summed E-state index contributed by atoms with van der Waals surface area (Å²) in [5.74, 6) is -0.115. The van der Waals surface area contributed by atoms with Gasteiger partial charge in [-0.3, -0.25) is 4.79 Å². The van der Waals surface area contributed by atoms with Gasteiger partial charge in [0.2, 0.25) is 5.91 Å². The summed E-state index contributed by atoms with van der Waals surface area (Å²) in [7, 11) is 0. The standard InChI is InChI=1S/C30H29N3O2/c34-29(31-18-17-22-9-2-1-3-10-22)28-19-24-12-4-5-13-26(24)21-33(28)30(35)32-20-25-15-8-14-23-11-6-7-16-27(23)25/h1-16,28H,17-21H2,(H,31,34)(H,32,35)/t28-/m0/s1. The molecule has 1 atom stereocenters. The Balaban J connectivity index is 1.29. The molecule has 0 radical (unpaired) electrons. The van der Waals surface area contributed by atoms with Crippen molar-refractivity contribution < 1.29 is 9.59 Å². The van der Waals surface area contributed by atoms with E-state index in [2.05, 4.69) is 41.0 Å². The average Bonchev–Trinajstić information content (AvgIpc) is 2.91. The molecule has 176 valence electrons. The van der Waals surface area contributed by atoms with Crippen LogP contribution in [0.2, 0.25) is 0 Å². The molecule has 0 spiro atoms. The molecule has 5 heteroatoms. The maximum absolute atomic E-state index is 13.4. The van der Waals surface area contributed by atoms with Crippen molar-refractivity contribution in [1.29, 1.82) is 0 Å². The Labute approximate surface area is 205 Å². The lowest BCUT2D eigenvalue weighted by Crippen LogP contribution is -2.55. The monoisotopic (exact) mass is 463 g/mol. The summed E-state index contributed by atoms with van der Waals surface area (Å²) >= 11 is 0. The average molecular weight is 464 g/mol.